The van der Waals surface area contributed by atoms with Crippen molar-refractivity contribution in [3.8, 4) is 11.3 Å². The molecule has 4 aromatic rings. The van der Waals surface area contributed by atoms with Crippen molar-refractivity contribution in [1.29, 1.82) is 0 Å². The molecule has 0 aliphatic carbocycles. The van der Waals surface area contributed by atoms with Gasteiger partial charge in [-0.2, -0.15) is 0 Å². The molecule has 3 aromatic carbocycles. The molecule has 2 aliphatic rings. The molecular formula is C27H20Cl3F2N3O4S. The number of aromatic nitrogens is 3. The zero-order valence-electron chi connectivity index (χ0n) is 20.3. The standard InChI is InChI=1S/C27H20Cl3F2N3O4S/c28-16-7-6-15(10-17(16)29)40-27-24(36)23(25-21(38-27)12-37-26(39-25)13-4-2-1-3-5-13)35-11-20(33-34-35)14-8-18(31)22(30)19(32)9-14/h1-11,21,23-27,36H,12H2/t21?,23?,24-,25-,26?,27+/m0/s1. The lowest BCUT2D eigenvalue weighted by molar-refractivity contribution is -0.306. The number of benzene rings is 3. The van der Waals surface area contributed by atoms with Gasteiger partial charge in [0.2, 0.25) is 0 Å². The second-order valence-corrected chi connectivity index (χ2v) is 11.6. The number of aliphatic hydroxyl groups is 1. The molecule has 0 radical (unpaired) electrons. The van der Waals surface area contributed by atoms with Crippen LogP contribution < -0.4 is 0 Å². The molecule has 40 heavy (non-hydrogen) atoms. The van der Waals surface area contributed by atoms with E-state index in [0.29, 0.717) is 10.0 Å². The molecule has 6 rings (SSSR count). The van der Waals surface area contributed by atoms with Gasteiger partial charge in [0, 0.05) is 16.0 Å². The summed E-state index contributed by atoms with van der Waals surface area (Å²) >= 11 is 19.2. The summed E-state index contributed by atoms with van der Waals surface area (Å²) in [6, 6.07) is 15.8. The van der Waals surface area contributed by atoms with Gasteiger partial charge in [0.25, 0.3) is 0 Å². The summed E-state index contributed by atoms with van der Waals surface area (Å²) in [5.41, 5.74) is 0.348. The fourth-order valence-electron chi connectivity index (χ4n) is 4.70. The smallest absolute Gasteiger partial charge is 0.184 e. The summed E-state index contributed by atoms with van der Waals surface area (Å²) in [6.45, 7) is 0.182. The Hall–Kier alpha value is -2.28. The Morgan fingerprint density at radius 2 is 1.70 bits per heavy atom. The van der Waals surface area contributed by atoms with E-state index >= 15 is 0 Å². The van der Waals surface area contributed by atoms with Crippen molar-refractivity contribution in [1.82, 2.24) is 15.0 Å². The minimum absolute atomic E-state index is 0.139. The minimum atomic E-state index is -1.15. The number of thioether (sulfide) groups is 1. The second kappa shape index (κ2) is 11.5. The molecule has 2 fully saturated rings. The summed E-state index contributed by atoms with van der Waals surface area (Å²) in [5.74, 6) is -1.84. The molecule has 6 atom stereocenters. The van der Waals surface area contributed by atoms with Gasteiger partial charge >= 0.3 is 0 Å². The van der Waals surface area contributed by atoms with Gasteiger partial charge in [-0.25, -0.2) is 13.5 Å². The molecular weight excluding hydrogens is 607 g/mol. The van der Waals surface area contributed by atoms with Crippen LogP contribution in [0.4, 0.5) is 8.78 Å². The van der Waals surface area contributed by atoms with E-state index in [0.717, 1.165) is 22.6 Å². The third-order valence-electron chi connectivity index (χ3n) is 6.64. The van der Waals surface area contributed by atoms with Crippen molar-refractivity contribution in [2.45, 2.75) is 41.0 Å². The molecule has 13 heteroatoms. The van der Waals surface area contributed by atoms with E-state index in [1.165, 1.54) is 22.6 Å². The van der Waals surface area contributed by atoms with Gasteiger partial charge < -0.3 is 19.3 Å². The van der Waals surface area contributed by atoms with Gasteiger partial charge in [-0.3, -0.25) is 0 Å². The first-order chi connectivity index (χ1) is 19.3. The molecule has 7 nitrogen and oxygen atoms in total. The van der Waals surface area contributed by atoms with Crippen LogP contribution in [-0.2, 0) is 14.2 Å². The molecule has 3 heterocycles. The molecule has 208 valence electrons. The molecule has 1 N–H and O–H groups in total. The van der Waals surface area contributed by atoms with Crippen molar-refractivity contribution in [3.05, 3.63) is 99.1 Å². The minimum Gasteiger partial charge on any atom is -0.387 e. The molecule has 2 saturated heterocycles. The molecule has 0 spiro atoms. The lowest BCUT2D eigenvalue weighted by atomic mass is 9.96. The normalized spacial score (nSPS) is 26.4. The van der Waals surface area contributed by atoms with Crippen LogP contribution in [0.2, 0.25) is 15.1 Å². The van der Waals surface area contributed by atoms with Gasteiger partial charge in [0.05, 0.1) is 22.8 Å². The van der Waals surface area contributed by atoms with Gasteiger partial charge in [0.15, 0.2) is 6.29 Å². The highest BCUT2D eigenvalue weighted by molar-refractivity contribution is 7.99. The van der Waals surface area contributed by atoms with Gasteiger partial charge in [-0.05, 0) is 30.3 Å². The Morgan fingerprint density at radius 1 is 0.950 bits per heavy atom. The van der Waals surface area contributed by atoms with Crippen LogP contribution in [0.15, 0.2) is 71.8 Å². The van der Waals surface area contributed by atoms with Crippen molar-refractivity contribution >= 4 is 46.6 Å². The van der Waals surface area contributed by atoms with Crippen molar-refractivity contribution in [3.63, 3.8) is 0 Å². The van der Waals surface area contributed by atoms with Crippen LogP contribution in [-0.4, -0.2) is 50.5 Å². The largest absolute Gasteiger partial charge is 0.387 e. The fourth-order valence-corrected chi connectivity index (χ4v) is 6.28. The fraction of sp³-hybridized carbons (Fsp3) is 0.259. The monoisotopic (exact) mass is 625 g/mol. The van der Waals surface area contributed by atoms with E-state index in [2.05, 4.69) is 10.3 Å². The van der Waals surface area contributed by atoms with Crippen LogP contribution >= 0.6 is 46.6 Å². The summed E-state index contributed by atoms with van der Waals surface area (Å²) in [4.78, 5) is 0.724. The third-order valence-corrected chi connectivity index (χ3v) is 8.89. The zero-order valence-corrected chi connectivity index (χ0v) is 23.4. The van der Waals surface area contributed by atoms with Crippen LogP contribution in [0, 0.1) is 11.6 Å². The van der Waals surface area contributed by atoms with E-state index in [1.807, 2.05) is 30.3 Å². The molecule has 1 aromatic heterocycles. The number of fused-ring (bicyclic) bond motifs is 1. The number of aliphatic hydroxyl groups excluding tert-OH is 1. The Bertz CT molecular complexity index is 1510. The lowest BCUT2D eigenvalue weighted by Crippen LogP contribution is -2.58. The number of halogens is 5. The first-order valence-electron chi connectivity index (χ1n) is 12.1. The predicted octanol–water partition coefficient (Wildman–Crippen LogP) is 6.72. The van der Waals surface area contributed by atoms with Crippen LogP contribution in [0.5, 0.6) is 0 Å². The van der Waals surface area contributed by atoms with Crippen molar-refractivity contribution in [2.75, 3.05) is 6.61 Å². The van der Waals surface area contributed by atoms with Gasteiger partial charge in [0.1, 0.15) is 52.1 Å². The van der Waals surface area contributed by atoms with Crippen LogP contribution in [0.3, 0.4) is 0 Å². The molecule has 3 unspecified atom stereocenters. The van der Waals surface area contributed by atoms with E-state index in [4.69, 9.17) is 49.0 Å². The number of hydrogen-bond acceptors (Lipinski definition) is 7. The maximum absolute atomic E-state index is 14.1. The molecule has 2 aliphatic heterocycles. The highest BCUT2D eigenvalue weighted by Crippen LogP contribution is 2.44. The maximum atomic E-state index is 14.1. The van der Waals surface area contributed by atoms with Crippen molar-refractivity contribution in [2.24, 2.45) is 0 Å². The Labute approximate surface area is 246 Å². The zero-order chi connectivity index (χ0) is 28.0. The second-order valence-electron chi connectivity index (χ2n) is 9.23. The van der Waals surface area contributed by atoms with E-state index in [9.17, 15) is 13.9 Å². The third kappa shape index (κ3) is 5.47. The van der Waals surface area contributed by atoms with Gasteiger partial charge in [-0.15, -0.1) is 5.10 Å². The van der Waals surface area contributed by atoms with E-state index in [1.54, 1.807) is 18.2 Å². The first-order valence-corrected chi connectivity index (χ1v) is 14.1. The highest BCUT2D eigenvalue weighted by atomic mass is 35.5. The highest BCUT2D eigenvalue weighted by Gasteiger charge is 2.51. The summed E-state index contributed by atoms with van der Waals surface area (Å²) in [7, 11) is 0. The number of nitrogens with zero attached hydrogens (tertiary/aromatic N) is 3. The van der Waals surface area contributed by atoms with Crippen molar-refractivity contribution < 1.29 is 28.1 Å². The summed E-state index contributed by atoms with van der Waals surface area (Å²) in [6.07, 6.45) is -1.64. The average molecular weight is 627 g/mol. The SMILES string of the molecule is O[C@H]1C(n2cc(-c3cc(F)c(Cl)c(F)c3)nn2)[C@H]2OC(c3ccccc3)OCC2O[C@@H]1Sc1ccc(Cl)c(Cl)c1. The number of hydrogen-bond donors (Lipinski definition) is 1. The maximum Gasteiger partial charge on any atom is 0.184 e. The number of ether oxygens (including phenoxy) is 3. The average Bonchev–Trinajstić information content (AvgIpc) is 3.44. The molecule has 0 saturated carbocycles. The Balaban J connectivity index is 1.34. The summed E-state index contributed by atoms with van der Waals surface area (Å²) < 4.78 is 48.3. The quantitative estimate of drug-likeness (QED) is 0.247. The van der Waals surface area contributed by atoms with Crippen LogP contribution in [0.1, 0.15) is 17.9 Å². The van der Waals surface area contributed by atoms with Crippen LogP contribution in [0.25, 0.3) is 11.3 Å². The Kier molecular flexibility index (Phi) is 8.04. The Morgan fingerprint density at radius 3 is 2.42 bits per heavy atom. The van der Waals surface area contributed by atoms with Gasteiger partial charge in [-0.1, -0.05) is 82.1 Å². The van der Waals surface area contributed by atoms with E-state index in [-0.39, 0.29) is 17.9 Å². The predicted molar refractivity (Wildman–Crippen MR) is 146 cm³/mol. The first kappa shape index (κ1) is 27.9. The van der Waals surface area contributed by atoms with E-state index < -0.39 is 52.7 Å². The molecule has 0 amide bonds. The number of rotatable bonds is 5. The lowest BCUT2D eigenvalue weighted by Gasteiger charge is -2.47. The summed E-state index contributed by atoms with van der Waals surface area (Å²) in [5, 5.41) is 20.1. The molecule has 0 bridgehead atoms. The topological polar surface area (TPSA) is 78.6 Å².